The first-order valence-corrected chi connectivity index (χ1v) is 6.81. The maximum absolute atomic E-state index is 6.10. The van der Waals surface area contributed by atoms with E-state index in [2.05, 4.69) is 29.2 Å². The molecule has 2 nitrogen and oxygen atoms in total. The molecule has 0 amide bonds. The molecule has 1 heterocycles. The Bertz CT molecular complexity index is 369. The first kappa shape index (κ1) is 11.2. The monoisotopic (exact) mass is 230 g/mol. The summed E-state index contributed by atoms with van der Waals surface area (Å²) in [5, 5.41) is 0. The van der Waals surface area contributed by atoms with E-state index in [1.807, 2.05) is 0 Å². The van der Waals surface area contributed by atoms with Gasteiger partial charge in [-0.25, -0.2) is 0 Å². The third-order valence-electron chi connectivity index (χ3n) is 4.44. The van der Waals surface area contributed by atoms with Crippen LogP contribution in [0.4, 0.5) is 0 Å². The van der Waals surface area contributed by atoms with Gasteiger partial charge in [-0.1, -0.05) is 24.3 Å². The first-order valence-electron chi connectivity index (χ1n) is 6.81. The molecule has 0 radical (unpaired) electrons. The van der Waals surface area contributed by atoms with E-state index in [4.69, 9.17) is 5.73 Å². The van der Waals surface area contributed by atoms with Crippen molar-refractivity contribution in [3.63, 3.8) is 0 Å². The number of fused-ring (bicyclic) bond motifs is 1. The van der Waals surface area contributed by atoms with Crippen molar-refractivity contribution in [3.8, 4) is 0 Å². The Hall–Kier alpha value is -0.860. The quantitative estimate of drug-likeness (QED) is 0.858. The fraction of sp³-hybridized carbons (Fsp3) is 0.600. The highest BCUT2D eigenvalue weighted by Gasteiger charge is 2.37. The summed E-state index contributed by atoms with van der Waals surface area (Å²) >= 11 is 0. The van der Waals surface area contributed by atoms with Crippen molar-refractivity contribution >= 4 is 0 Å². The SMILES string of the molecule is NCC1(CN2CCCC2)Cc2ccccc2C1. The zero-order valence-corrected chi connectivity index (χ0v) is 10.5. The molecule has 0 atom stereocenters. The van der Waals surface area contributed by atoms with Crippen LogP contribution in [-0.4, -0.2) is 31.1 Å². The van der Waals surface area contributed by atoms with Crippen LogP contribution >= 0.6 is 0 Å². The lowest BCUT2D eigenvalue weighted by Crippen LogP contribution is -2.42. The van der Waals surface area contributed by atoms with Crippen LogP contribution in [0.5, 0.6) is 0 Å². The van der Waals surface area contributed by atoms with Gasteiger partial charge >= 0.3 is 0 Å². The van der Waals surface area contributed by atoms with Crippen LogP contribution in [0.15, 0.2) is 24.3 Å². The van der Waals surface area contributed by atoms with Gasteiger partial charge in [-0.05, 0) is 56.4 Å². The Balaban J connectivity index is 1.77. The number of nitrogens with two attached hydrogens (primary N) is 1. The molecule has 2 heteroatoms. The molecule has 1 aliphatic carbocycles. The second-order valence-corrected chi connectivity index (χ2v) is 5.81. The van der Waals surface area contributed by atoms with Crippen LogP contribution in [0.2, 0.25) is 0 Å². The molecular formula is C15H22N2. The largest absolute Gasteiger partial charge is 0.330 e. The van der Waals surface area contributed by atoms with Crippen LogP contribution in [0.1, 0.15) is 24.0 Å². The van der Waals surface area contributed by atoms with Crippen molar-refractivity contribution in [1.29, 1.82) is 0 Å². The van der Waals surface area contributed by atoms with Gasteiger partial charge in [-0.15, -0.1) is 0 Å². The number of hydrogen-bond donors (Lipinski definition) is 1. The molecule has 0 bridgehead atoms. The zero-order chi connectivity index (χ0) is 11.7. The third-order valence-corrected chi connectivity index (χ3v) is 4.44. The summed E-state index contributed by atoms with van der Waals surface area (Å²) in [6.07, 6.45) is 5.09. The van der Waals surface area contributed by atoms with Crippen molar-refractivity contribution in [2.24, 2.45) is 11.1 Å². The number of benzene rings is 1. The van der Waals surface area contributed by atoms with E-state index in [0.717, 1.165) is 6.54 Å². The van der Waals surface area contributed by atoms with Gasteiger partial charge in [0.15, 0.2) is 0 Å². The number of nitrogens with zero attached hydrogens (tertiary/aromatic N) is 1. The summed E-state index contributed by atoms with van der Waals surface area (Å²) in [4.78, 5) is 2.61. The van der Waals surface area contributed by atoms with Crippen molar-refractivity contribution in [2.45, 2.75) is 25.7 Å². The lowest BCUT2D eigenvalue weighted by molar-refractivity contribution is 0.188. The second kappa shape index (κ2) is 4.43. The van der Waals surface area contributed by atoms with Crippen LogP contribution < -0.4 is 5.73 Å². The summed E-state index contributed by atoms with van der Waals surface area (Å²) in [6.45, 7) is 4.56. The number of likely N-dealkylation sites (tertiary alicyclic amines) is 1. The Labute approximate surface area is 104 Å². The predicted molar refractivity (Wildman–Crippen MR) is 71.0 cm³/mol. The highest BCUT2D eigenvalue weighted by atomic mass is 15.1. The number of rotatable bonds is 3. The highest BCUT2D eigenvalue weighted by molar-refractivity contribution is 5.34. The van der Waals surface area contributed by atoms with E-state index < -0.39 is 0 Å². The average Bonchev–Trinajstić information content (AvgIpc) is 2.96. The summed E-state index contributed by atoms with van der Waals surface area (Å²) in [6, 6.07) is 8.86. The Morgan fingerprint density at radius 2 is 1.65 bits per heavy atom. The fourth-order valence-electron chi connectivity index (χ4n) is 3.51. The van der Waals surface area contributed by atoms with Crippen molar-refractivity contribution in [3.05, 3.63) is 35.4 Å². The lowest BCUT2D eigenvalue weighted by Gasteiger charge is -2.32. The minimum Gasteiger partial charge on any atom is -0.330 e. The molecule has 2 N–H and O–H groups in total. The lowest BCUT2D eigenvalue weighted by atomic mass is 9.84. The van der Waals surface area contributed by atoms with Crippen molar-refractivity contribution in [2.75, 3.05) is 26.2 Å². The summed E-state index contributed by atoms with van der Waals surface area (Å²) in [5.74, 6) is 0. The first-order chi connectivity index (χ1) is 8.31. The summed E-state index contributed by atoms with van der Waals surface area (Å²) in [7, 11) is 0. The fourth-order valence-corrected chi connectivity index (χ4v) is 3.51. The maximum atomic E-state index is 6.10. The molecule has 0 aromatic heterocycles. The Morgan fingerprint density at radius 1 is 1.06 bits per heavy atom. The van der Waals surface area contributed by atoms with Gasteiger partial charge in [-0.3, -0.25) is 0 Å². The molecule has 1 fully saturated rings. The van der Waals surface area contributed by atoms with Crippen molar-refractivity contribution in [1.82, 2.24) is 4.90 Å². The Morgan fingerprint density at radius 3 is 2.18 bits per heavy atom. The van der Waals surface area contributed by atoms with Crippen molar-refractivity contribution < 1.29 is 0 Å². The molecule has 0 spiro atoms. The highest BCUT2D eigenvalue weighted by Crippen LogP contribution is 2.37. The minimum atomic E-state index is 0.314. The standard InChI is InChI=1S/C15H22N2/c16-11-15(12-17-7-3-4-8-17)9-13-5-1-2-6-14(13)10-15/h1-2,5-6H,3-4,7-12,16H2. The van der Waals surface area contributed by atoms with Gasteiger partial charge in [0.2, 0.25) is 0 Å². The summed E-state index contributed by atoms with van der Waals surface area (Å²) < 4.78 is 0. The van der Waals surface area contributed by atoms with E-state index in [0.29, 0.717) is 5.41 Å². The molecule has 2 aliphatic rings. The van der Waals surface area contributed by atoms with Gasteiger partial charge in [-0.2, -0.15) is 0 Å². The van der Waals surface area contributed by atoms with Gasteiger partial charge in [0.25, 0.3) is 0 Å². The predicted octanol–water partition coefficient (Wildman–Crippen LogP) is 1.83. The van der Waals surface area contributed by atoms with E-state index in [9.17, 15) is 0 Å². The molecule has 1 aromatic carbocycles. The molecule has 0 saturated carbocycles. The molecule has 1 aromatic rings. The normalized spacial score (nSPS) is 22.9. The molecule has 0 unspecified atom stereocenters. The van der Waals surface area contributed by atoms with Crippen LogP contribution in [-0.2, 0) is 12.8 Å². The average molecular weight is 230 g/mol. The van der Waals surface area contributed by atoms with E-state index in [1.165, 1.54) is 56.4 Å². The van der Waals surface area contributed by atoms with Gasteiger partial charge in [0.1, 0.15) is 0 Å². The molecule has 17 heavy (non-hydrogen) atoms. The van der Waals surface area contributed by atoms with Gasteiger partial charge in [0, 0.05) is 12.0 Å². The van der Waals surface area contributed by atoms with Crippen LogP contribution in [0.25, 0.3) is 0 Å². The zero-order valence-electron chi connectivity index (χ0n) is 10.5. The minimum absolute atomic E-state index is 0.314. The maximum Gasteiger partial charge on any atom is 0.00565 e. The van der Waals surface area contributed by atoms with Crippen LogP contribution in [0.3, 0.4) is 0 Å². The molecular weight excluding hydrogens is 208 g/mol. The smallest absolute Gasteiger partial charge is 0.00565 e. The molecule has 3 rings (SSSR count). The third kappa shape index (κ3) is 2.12. The molecule has 92 valence electrons. The number of hydrogen-bond acceptors (Lipinski definition) is 2. The molecule has 1 aliphatic heterocycles. The Kier molecular flexibility index (Phi) is 2.93. The van der Waals surface area contributed by atoms with Gasteiger partial charge < -0.3 is 10.6 Å². The van der Waals surface area contributed by atoms with Crippen LogP contribution in [0, 0.1) is 5.41 Å². The second-order valence-electron chi connectivity index (χ2n) is 5.81. The van der Waals surface area contributed by atoms with E-state index >= 15 is 0 Å². The summed E-state index contributed by atoms with van der Waals surface area (Å²) in [5.41, 5.74) is 9.46. The van der Waals surface area contributed by atoms with E-state index in [-0.39, 0.29) is 0 Å². The topological polar surface area (TPSA) is 29.3 Å². The molecule has 1 saturated heterocycles. The van der Waals surface area contributed by atoms with Gasteiger partial charge in [0.05, 0.1) is 0 Å². The van der Waals surface area contributed by atoms with E-state index in [1.54, 1.807) is 0 Å².